The van der Waals surface area contributed by atoms with Gasteiger partial charge in [0.2, 0.25) is 0 Å². The zero-order valence-electron chi connectivity index (χ0n) is 12.7. The van der Waals surface area contributed by atoms with Crippen LogP contribution < -0.4 is 0 Å². The van der Waals surface area contributed by atoms with E-state index in [2.05, 4.69) is 72.3 Å². The molecule has 0 saturated heterocycles. The van der Waals surface area contributed by atoms with E-state index in [1.54, 1.807) is 0 Å². The summed E-state index contributed by atoms with van der Waals surface area (Å²) in [7, 11) is 0. The van der Waals surface area contributed by atoms with Crippen molar-refractivity contribution in [3.05, 3.63) is 63.6 Å². The molecule has 0 spiro atoms. The van der Waals surface area contributed by atoms with E-state index in [0.29, 0.717) is 0 Å². The van der Waals surface area contributed by atoms with E-state index in [4.69, 9.17) is 0 Å². The van der Waals surface area contributed by atoms with E-state index >= 15 is 0 Å². The summed E-state index contributed by atoms with van der Waals surface area (Å²) < 4.78 is 1.24. The number of unbranched alkanes of at least 4 members (excludes halogenated alkanes) is 1. The summed E-state index contributed by atoms with van der Waals surface area (Å²) in [4.78, 5) is 0. The minimum atomic E-state index is 1.06. The lowest BCUT2D eigenvalue weighted by Crippen LogP contribution is -1.93. The van der Waals surface area contributed by atoms with Gasteiger partial charge in [0.25, 0.3) is 0 Å². The zero-order valence-corrected chi connectivity index (χ0v) is 14.3. The summed E-state index contributed by atoms with van der Waals surface area (Å²) in [6.45, 7) is 4.47. The van der Waals surface area contributed by atoms with Crippen LogP contribution in [0, 0.1) is 0 Å². The molecule has 0 unspecified atom stereocenters. The van der Waals surface area contributed by atoms with Gasteiger partial charge in [-0.25, -0.2) is 0 Å². The molecule has 1 heteroatoms. The number of halogens is 1. The van der Waals surface area contributed by atoms with Crippen molar-refractivity contribution in [2.75, 3.05) is 0 Å². The number of allylic oxidation sites excluding steroid dienone is 2. The first-order valence-corrected chi connectivity index (χ1v) is 8.58. The van der Waals surface area contributed by atoms with Crippen LogP contribution in [0.4, 0.5) is 0 Å². The molecular weight excluding hydrogens is 320 g/mol. The SMILES string of the molecule is CCCCc1ccccc1-c1cc(Br)c2c(c1)C(C)=CC2. The van der Waals surface area contributed by atoms with Crippen molar-refractivity contribution in [1.82, 2.24) is 0 Å². The fraction of sp³-hybridized carbons (Fsp3) is 0.300. The van der Waals surface area contributed by atoms with E-state index < -0.39 is 0 Å². The molecule has 0 N–H and O–H groups in total. The summed E-state index contributed by atoms with van der Waals surface area (Å²) >= 11 is 3.77. The van der Waals surface area contributed by atoms with Crippen LogP contribution in [-0.4, -0.2) is 0 Å². The van der Waals surface area contributed by atoms with Crippen molar-refractivity contribution in [3.8, 4) is 11.1 Å². The van der Waals surface area contributed by atoms with Gasteiger partial charge in [0.05, 0.1) is 0 Å². The summed E-state index contributed by atoms with van der Waals surface area (Å²) in [6.07, 6.45) is 7.03. The standard InChI is InChI=1S/C20H21Br/c1-3-4-7-15-8-5-6-9-17(15)16-12-19-14(2)10-11-18(19)20(21)13-16/h5-6,8-10,12-13H,3-4,7,11H2,1-2H3. The van der Waals surface area contributed by atoms with Gasteiger partial charge in [0, 0.05) is 4.47 Å². The van der Waals surface area contributed by atoms with E-state index in [9.17, 15) is 0 Å². The number of aryl methyl sites for hydroxylation is 1. The lowest BCUT2D eigenvalue weighted by molar-refractivity contribution is 0.796. The van der Waals surface area contributed by atoms with Crippen molar-refractivity contribution < 1.29 is 0 Å². The second kappa shape index (κ2) is 6.19. The molecule has 108 valence electrons. The Balaban J connectivity index is 2.07. The Morgan fingerprint density at radius 3 is 2.71 bits per heavy atom. The van der Waals surface area contributed by atoms with Gasteiger partial charge in [-0.3, -0.25) is 0 Å². The average molecular weight is 341 g/mol. The molecule has 1 aliphatic rings. The second-order valence-corrected chi connectivity index (χ2v) is 6.69. The largest absolute Gasteiger partial charge is 0.0765 e. The molecule has 0 fully saturated rings. The van der Waals surface area contributed by atoms with Crippen molar-refractivity contribution in [2.24, 2.45) is 0 Å². The van der Waals surface area contributed by atoms with Crippen LogP contribution >= 0.6 is 15.9 Å². The van der Waals surface area contributed by atoms with Crippen molar-refractivity contribution in [2.45, 2.75) is 39.5 Å². The van der Waals surface area contributed by atoms with E-state index in [0.717, 1.165) is 12.8 Å². The maximum atomic E-state index is 3.77. The van der Waals surface area contributed by atoms with Gasteiger partial charge in [-0.15, -0.1) is 0 Å². The van der Waals surface area contributed by atoms with Crippen molar-refractivity contribution in [3.63, 3.8) is 0 Å². The molecule has 0 aliphatic heterocycles. The number of rotatable bonds is 4. The van der Waals surface area contributed by atoms with E-state index in [1.165, 1.54) is 50.7 Å². The molecular formula is C20H21Br. The highest BCUT2D eigenvalue weighted by Crippen LogP contribution is 2.37. The van der Waals surface area contributed by atoms with Crippen molar-refractivity contribution >= 4 is 21.5 Å². The highest BCUT2D eigenvalue weighted by Gasteiger charge is 2.16. The van der Waals surface area contributed by atoms with Gasteiger partial charge in [-0.2, -0.15) is 0 Å². The molecule has 0 radical (unpaired) electrons. The first-order valence-electron chi connectivity index (χ1n) is 7.78. The molecule has 2 aromatic rings. The molecule has 0 saturated carbocycles. The summed E-state index contributed by atoms with van der Waals surface area (Å²) in [6, 6.07) is 13.5. The van der Waals surface area contributed by atoms with Gasteiger partial charge < -0.3 is 0 Å². The summed E-state index contributed by atoms with van der Waals surface area (Å²) in [5, 5.41) is 0. The molecule has 1 aliphatic carbocycles. The van der Waals surface area contributed by atoms with Crippen LogP contribution in [0.1, 0.15) is 43.4 Å². The Kier molecular flexibility index (Phi) is 4.30. The third-order valence-electron chi connectivity index (χ3n) is 4.36. The molecule has 0 bridgehead atoms. The third kappa shape index (κ3) is 2.85. The molecule has 0 heterocycles. The maximum absolute atomic E-state index is 3.77. The monoisotopic (exact) mass is 340 g/mol. The van der Waals surface area contributed by atoms with Crippen LogP contribution in [0.5, 0.6) is 0 Å². The predicted molar refractivity (Wildman–Crippen MR) is 95.5 cm³/mol. The molecule has 0 amide bonds. The van der Waals surface area contributed by atoms with Crippen LogP contribution in [0.3, 0.4) is 0 Å². The number of hydrogen-bond acceptors (Lipinski definition) is 0. The predicted octanol–water partition coefficient (Wildman–Crippen LogP) is 6.42. The Hall–Kier alpha value is -1.34. The minimum absolute atomic E-state index is 1.06. The van der Waals surface area contributed by atoms with Crippen molar-refractivity contribution in [1.29, 1.82) is 0 Å². The van der Waals surface area contributed by atoms with Crippen LogP contribution in [0.15, 0.2) is 46.9 Å². The molecule has 2 aromatic carbocycles. The zero-order chi connectivity index (χ0) is 14.8. The van der Waals surface area contributed by atoms with Crippen LogP contribution in [0.2, 0.25) is 0 Å². The Morgan fingerprint density at radius 1 is 1.10 bits per heavy atom. The fourth-order valence-corrected chi connectivity index (χ4v) is 3.73. The van der Waals surface area contributed by atoms with E-state index in [-0.39, 0.29) is 0 Å². The van der Waals surface area contributed by atoms with Gasteiger partial charge in [-0.05, 0) is 71.7 Å². The third-order valence-corrected chi connectivity index (χ3v) is 5.07. The van der Waals surface area contributed by atoms with Gasteiger partial charge >= 0.3 is 0 Å². The molecule has 0 nitrogen and oxygen atoms in total. The Morgan fingerprint density at radius 2 is 1.90 bits per heavy atom. The summed E-state index contributed by atoms with van der Waals surface area (Å²) in [5.74, 6) is 0. The quantitative estimate of drug-likeness (QED) is 0.602. The normalized spacial score (nSPS) is 13.2. The highest BCUT2D eigenvalue weighted by molar-refractivity contribution is 9.10. The van der Waals surface area contributed by atoms with Crippen LogP contribution in [0.25, 0.3) is 16.7 Å². The first-order chi connectivity index (χ1) is 10.2. The molecule has 0 atom stereocenters. The number of hydrogen-bond donors (Lipinski definition) is 0. The average Bonchev–Trinajstić information content (AvgIpc) is 2.87. The minimum Gasteiger partial charge on any atom is -0.0765 e. The molecule has 21 heavy (non-hydrogen) atoms. The smallest absolute Gasteiger partial charge is 0.0222 e. The topological polar surface area (TPSA) is 0 Å². The molecule has 3 rings (SSSR count). The molecule has 0 aromatic heterocycles. The Bertz CT molecular complexity index is 695. The lowest BCUT2D eigenvalue weighted by Gasteiger charge is -2.13. The lowest BCUT2D eigenvalue weighted by atomic mass is 9.93. The summed E-state index contributed by atoms with van der Waals surface area (Å²) in [5.41, 5.74) is 8.42. The van der Waals surface area contributed by atoms with Gasteiger partial charge in [-0.1, -0.05) is 59.6 Å². The number of fused-ring (bicyclic) bond motifs is 1. The van der Waals surface area contributed by atoms with Crippen LogP contribution in [-0.2, 0) is 12.8 Å². The second-order valence-electron chi connectivity index (χ2n) is 5.84. The fourth-order valence-electron chi connectivity index (χ4n) is 3.10. The maximum Gasteiger partial charge on any atom is 0.0222 e. The Labute approximate surface area is 136 Å². The van der Waals surface area contributed by atoms with Gasteiger partial charge in [0.1, 0.15) is 0 Å². The highest BCUT2D eigenvalue weighted by atomic mass is 79.9. The van der Waals surface area contributed by atoms with E-state index in [1.807, 2.05) is 0 Å². The first kappa shape index (κ1) is 14.6. The van der Waals surface area contributed by atoms with Gasteiger partial charge in [0.15, 0.2) is 0 Å². The number of benzene rings is 2.